The first-order valence-electron chi connectivity index (χ1n) is 8.73. The van der Waals surface area contributed by atoms with Crippen molar-refractivity contribution in [3.8, 4) is 11.6 Å². The molecular weight excluding hydrogens is 362 g/mol. The van der Waals surface area contributed by atoms with E-state index in [0.717, 1.165) is 21.7 Å². The van der Waals surface area contributed by atoms with Gasteiger partial charge in [-0.3, -0.25) is 4.79 Å². The zero-order valence-corrected chi connectivity index (χ0v) is 15.6. The molecule has 7 heteroatoms. The largest absolute Gasteiger partial charge is 0.490 e. The Morgan fingerprint density at radius 2 is 2.19 bits per heavy atom. The van der Waals surface area contributed by atoms with Gasteiger partial charge in [0.25, 0.3) is 0 Å². The third-order valence-corrected chi connectivity index (χ3v) is 5.49. The number of aromatic nitrogens is 3. The van der Waals surface area contributed by atoms with Crippen LogP contribution in [0.4, 0.5) is 0 Å². The van der Waals surface area contributed by atoms with Crippen LogP contribution < -0.4 is 4.74 Å². The van der Waals surface area contributed by atoms with Crippen LogP contribution in [-0.4, -0.2) is 38.2 Å². The number of benzene rings is 1. The normalized spacial score (nSPS) is 14.2. The van der Waals surface area contributed by atoms with E-state index in [1.165, 1.54) is 11.8 Å². The number of ether oxygens (including phenoxy) is 1. The van der Waals surface area contributed by atoms with Gasteiger partial charge in [-0.25, -0.2) is 9.67 Å². The number of hydrogen-bond acceptors (Lipinski definition) is 6. The van der Waals surface area contributed by atoms with Crippen LogP contribution in [0, 0.1) is 0 Å². The van der Waals surface area contributed by atoms with E-state index in [0.29, 0.717) is 18.0 Å². The lowest BCUT2D eigenvalue weighted by Gasteiger charge is -2.11. The summed E-state index contributed by atoms with van der Waals surface area (Å²) in [7, 11) is 0. The van der Waals surface area contributed by atoms with Gasteiger partial charge in [-0.2, -0.15) is 5.10 Å². The van der Waals surface area contributed by atoms with Gasteiger partial charge < -0.3 is 9.84 Å². The van der Waals surface area contributed by atoms with Crippen molar-refractivity contribution < 1.29 is 14.6 Å². The molecule has 1 aliphatic heterocycles. The molecule has 0 saturated carbocycles. The van der Waals surface area contributed by atoms with Gasteiger partial charge in [0.05, 0.1) is 18.5 Å². The molecule has 1 atom stereocenters. The minimum absolute atomic E-state index is 0.0302. The monoisotopic (exact) mass is 381 g/mol. The number of aliphatic hydroxyl groups excluding tert-OH is 1. The summed E-state index contributed by atoms with van der Waals surface area (Å²) in [6.45, 7) is 2.32. The summed E-state index contributed by atoms with van der Waals surface area (Å²) in [5.41, 5.74) is 3.19. The van der Waals surface area contributed by atoms with Gasteiger partial charge >= 0.3 is 0 Å². The highest BCUT2D eigenvalue weighted by Gasteiger charge is 2.21. The number of carbonyl (C=O) groups is 1. The van der Waals surface area contributed by atoms with Gasteiger partial charge in [0.1, 0.15) is 12.4 Å². The van der Waals surface area contributed by atoms with Crippen LogP contribution in [0.5, 0.6) is 5.75 Å². The Labute approximate surface area is 161 Å². The van der Waals surface area contributed by atoms with Crippen molar-refractivity contribution in [3.63, 3.8) is 0 Å². The molecule has 3 aromatic rings. The number of carbonyl (C=O) groups excluding carboxylic acids is 1. The van der Waals surface area contributed by atoms with Gasteiger partial charge in [0, 0.05) is 23.4 Å². The van der Waals surface area contributed by atoms with E-state index >= 15 is 0 Å². The fraction of sp³-hybridized carbons (Fsp3) is 0.250. The molecule has 27 heavy (non-hydrogen) atoms. The van der Waals surface area contributed by atoms with Crippen molar-refractivity contribution >= 4 is 16.9 Å². The maximum absolute atomic E-state index is 11.6. The van der Waals surface area contributed by atoms with Gasteiger partial charge in [-0.05, 0) is 35.4 Å². The van der Waals surface area contributed by atoms with Crippen LogP contribution in [-0.2, 0) is 11.2 Å². The number of rotatable bonds is 6. The molecule has 6 nitrogen and oxygen atoms in total. The van der Waals surface area contributed by atoms with Crippen LogP contribution >= 0.6 is 11.8 Å². The Kier molecular flexibility index (Phi) is 4.96. The molecule has 1 N–H and O–H groups in total. The van der Waals surface area contributed by atoms with E-state index in [9.17, 15) is 4.79 Å². The van der Waals surface area contributed by atoms with E-state index in [-0.39, 0.29) is 24.2 Å². The Morgan fingerprint density at radius 1 is 1.30 bits per heavy atom. The molecule has 0 fully saturated rings. The van der Waals surface area contributed by atoms with Crippen LogP contribution in [0.3, 0.4) is 0 Å². The summed E-state index contributed by atoms with van der Waals surface area (Å²) in [6.07, 6.45) is 4.02. The topological polar surface area (TPSA) is 77.2 Å². The number of hydrogen-bond donors (Lipinski definition) is 1. The highest BCUT2D eigenvalue weighted by molar-refractivity contribution is 8.14. The summed E-state index contributed by atoms with van der Waals surface area (Å²) in [6, 6.07) is 11.8. The number of fused-ring (bicyclic) bond motifs is 1. The molecule has 0 aliphatic carbocycles. The molecular formula is C20H19N3O3S. The number of nitrogens with zero attached hydrogens (tertiary/aromatic N) is 3. The maximum Gasteiger partial charge on any atom is 0.198 e. The van der Waals surface area contributed by atoms with Crippen LogP contribution in [0.2, 0.25) is 0 Å². The van der Waals surface area contributed by atoms with Crippen LogP contribution in [0.25, 0.3) is 5.82 Å². The van der Waals surface area contributed by atoms with E-state index in [1.54, 1.807) is 16.9 Å². The number of thioether (sulfide) groups is 1. The number of pyridine rings is 1. The number of aliphatic hydroxyl groups is 1. The molecule has 0 saturated heterocycles. The van der Waals surface area contributed by atoms with Crippen molar-refractivity contribution in [1.29, 1.82) is 0 Å². The third kappa shape index (κ3) is 3.74. The molecule has 0 amide bonds. The molecule has 2 aromatic heterocycles. The first-order valence-corrected chi connectivity index (χ1v) is 9.55. The molecule has 0 radical (unpaired) electrons. The lowest BCUT2D eigenvalue weighted by atomic mass is 9.96. The molecule has 1 aliphatic rings. The average molecular weight is 381 g/mol. The Balaban J connectivity index is 1.52. The molecule has 4 rings (SSSR count). The summed E-state index contributed by atoms with van der Waals surface area (Å²) >= 11 is 1.32. The smallest absolute Gasteiger partial charge is 0.198 e. The Morgan fingerprint density at radius 3 is 2.96 bits per heavy atom. The zero-order valence-electron chi connectivity index (χ0n) is 14.8. The van der Waals surface area contributed by atoms with Crippen LogP contribution in [0.15, 0.2) is 53.7 Å². The lowest BCUT2D eigenvalue weighted by Crippen LogP contribution is -2.04. The first kappa shape index (κ1) is 17.8. The standard InChI is InChI=1S/C20H19N3O3S/c1-13(14-2-3-15-11-20(25)27-18(15)10-14)17-6-7-23(22-17)19-5-4-16(12-21-19)26-9-8-24/h2-7,10,12-13,24H,8-9,11H2,1H3. The second-order valence-corrected chi connectivity index (χ2v) is 7.45. The average Bonchev–Trinajstić information content (AvgIpc) is 3.31. The zero-order chi connectivity index (χ0) is 18.8. The maximum atomic E-state index is 11.6. The predicted octanol–water partition coefficient (Wildman–Crippen LogP) is 2.97. The molecule has 1 unspecified atom stereocenters. The third-order valence-electron chi connectivity index (χ3n) is 4.52. The van der Waals surface area contributed by atoms with E-state index in [4.69, 9.17) is 9.84 Å². The molecule has 1 aromatic carbocycles. The van der Waals surface area contributed by atoms with Crippen molar-refractivity contribution in [3.05, 3.63) is 65.6 Å². The second-order valence-electron chi connectivity index (χ2n) is 6.35. The Hall–Kier alpha value is -2.64. The van der Waals surface area contributed by atoms with Gasteiger partial charge in [-0.1, -0.05) is 30.8 Å². The first-order chi connectivity index (χ1) is 13.1. The minimum Gasteiger partial charge on any atom is -0.490 e. The fourth-order valence-electron chi connectivity index (χ4n) is 3.02. The van der Waals surface area contributed by atoms with Crippen molar-refractivity contribution in [2.45, 2.75) is 24.2 Å². The summed E-state index contributed by atoms with van der Waals surface area (Å²) in [5, 5.41) is 13.7. The van der Waals surface area contributed by atoms with Crippen molar-refractivity contribution in [1.82, 2.24) is 14.8 Å². The molecule has 0 bridgehead atoms. The minimum atomic E-state index is -0.0302. The quantitative estimate of drug-likeness (QED) is 0.707. The fourth-order valence-corrected chi connectivity index (χ4v) is 3.96. The molecule has 138 valence electrons. The van der Waals surface area contributed by atoms with Gasteiger partial charge in [0.2, 0.25) is 0 Å². The van der Waals surface area contributed by atoms with Gasteiger partial charge in [-0.15, -0.1) is 0 Å². The SMILES string of the molecule is CC(c1ccc2c(c1)SC(=O)C2)c1ccn(-c2ccc(OCCO)cn2)n1. The summed E-state index contributed by atoms with van der Waals surface area (Å²) < 4.78 is 7.05. The van der Waals surface area contributed by atoms with Crippen molar-refractivity contribution in [2.24, 2.45) is 0 Å². The lowest BCUT2D eigenvalue weighted by molar-refractivity contribution is -0.110. The van der Waals surface area contributed by atoms with Crippen LogP contribution in [0.1, 0.15) is 29.7 Å². The Bertz CT molecular complexity index is 969. The second kappa shape index (κ2) is 7.54. The molecule has 3 heterocycles. The van der Waals surface area contributed by atoms with E-state index in [1.807, 2.05) is 24.4 Å². The van der Waals surface area contributed by atoms with E-state index in [2.05, 4.69) is 29.1 Å². The highest BCUT2D eigenvalue weighted by Crippen LogP contribution is 2.35. The highest BCUT2D eigenvalue weighted by atomic mass is 32.2. The molecule has 0 spiro atoms. The van der Waals surface area contributed by atoms with Gasteiger partial charge in [0.15, 0.2) is 10.9 Å². The summed E-state index contributed by atoms with van der Waals surface area (Å²) in [5.74, 6) is 1.42. The summed E-state index contributed by atoms with van der Waals surface area (Å²) in [4.78, 5) is 17.0. The predicted molar refractivity (Wildman–Crippen MR) is 102 cm³/mol. The van der Waals surface area contributed by atoms with E-state index < -0.39 is 0 Å². The van der Waals surface area contributed by atoms with Crippen molar-refractivity contribution in [2.75, 3.05) is 13.2 Å².